The first-order valence-corrected chi connectivity index (χ1v) is 9.98. The first-order chi connectivity index (χ1) is 11.1. The monoisotopic (exact) mass is 328 g/mol. The number of hydrogen-bond donors (Lipinski definition) is 1. The highest BCUT2D eigenvalue weighted by Crippen LogP contribution is 2.58. The van der Waals surface area contributed by atoms with Crippen LogP contribution < -0.4 is 0 Å². The Morgan fingerprint density at radius 3 is 2.29 bits per heavy atom. The molecule has 1 aromatic rings. The molecule has 1 saturated carbocycles. The number of hydrogen-bond acceptors (Lipinski definition) is 1. The Bertz CT molecular complexity index is 638. The Labute approximate surface area is 148 Å². The Hall–Kier alpha value is -0.980. The molecule has 0 aromatic heterocycles. The van der Waals surface area contributed by atoms with Gasteiger partial charge in [-0.3, -0.25) is 0 Å². The van der Waals surface area contributed by atoms with E-state index in [1.807, 2.05) is 0 Å². The average molecular weight is 329 g/mol. The van der Waals surface area contributed by atoms with E-state index in [1.54, 1.807) is 5.56 Å². The van der Waals surface area contributed by atoms with Crippen molar-refractivity contribution in [3.63, 3.8) is 0 Å². The molecule has 2 aliphatic rings. The Morgan fingerprint density at radius 1 is 1.04 bits per heavy atom. The van der Waals surface area contributed by atoms with Crippen molar-refractivity contribution in [3.8, 4) is 5.75 Å². The summed E-state index contributed by atoms with van der Waals surface area (Å²) in [5.41, 5.74) is 6.14. The minimum Gasteiger partial charge on any atom is -0.507 e. The van der Waals surface area contributed by atoms with Gasteiger partial charge in [-0.1, -0.05) is 61.0 Å². The van der Waals surface area contributed by atoms with Crippen molar-refractivity contribution in [2.45, 2.75) is 97.8 Å². The van der Waals surface area contributed by atoms with Crippen molar-refractivity contribution in [3.05, 3.63) is 28.3 Å². The van der Waals surface area contributed by atoms with Gasteiger partial charge in [0.2, 0.25) is 0 Å². The lowest BCUT2D eigenvalue weighted by Crippen LogP contribution is -2.48. The second kappa shape index (κ2) is 5.78. The summed E-state index contributed by atoms with van der Waals surface area (Å²) in [6, 6.07) is 2.38. The third-order valence-corrected chi connectivity index (χ3v) is 7.21. The number of benzene rings is 1. The van der Waals surface area contributed by atoms with Gasteiger partial charge in [-0.15, -0.1) is 0 Å². The molecule has 0 amide bonds. The van der Waals surface area contributed by atoms with Crippen LogP contribution in [0.2, 0.25) is 0 Å². The van der Waals surface area contributed by atoms with Gasteiger partial charge >= 0.3 is 0 Å². The highest BCUT2D eigenvalue weighted by molar-refractivity contribution is 5.56. The largest absolute Gasteiger partial charge is 0.507 e. The van der Waals surface area contributed by atoms with Crippen LogP contribution in [-0.2, 0) is 11.8 Å². The van der Waals surface area contributed by atoms with Crippen LogP contribution in [0.1, 0.15) is 108 Å². The molecule has 1 fully saturated rings. The minimum atomic E-state index is 0.274. The fourth-order valence-corrected chi connectivity index (χ4v) is 6.04. The van der Waals surface area contributed by atoms with E-state index in [9.17, 15) is 5.11 Å². The SMILES string of the molecule is CC(C)c1cc2c(c(C(C)C)c1O)CC[C@H]1C(C)(C)CCC[C@]21C. The lowest BCUT2D eigenvalue weighted by atomic mass is 9.50. The molecule has 3 rings (SSSR count). The zero-order valence-corrected chi connectivity index (χ0v) is 16.8. The fraction of sp³-hybridized carbons (Fsp3) is 0.739. The molecule has 0 heterocycles. The Kier molecular flexibility index (Phi) is 4.30. The van der Waals surface area contributed by atoms with Crippen molar-refractivity contribution in [2.24, 2.45) is 11.3 Å². The van der Waals surface area contributed by atoms with E-state index in [0.717, 1.165) is 17.9 Å². The van der Waals surface area contributed by atoms with Gasteiger partial charge in [-0.25, -0.2) is 0 Å². The van der Waals surface area contributed by atoms with Gasteiger partial charge in [0, 0.05) is 5.56 Å². The quantitative estimate of drug-likeness (QED) is 0.643. The molecule has 1 nitrogen and oxygen atoms in total. The molecule has 2 aliphatic carbocycles. The molecule has 2 atom stereocenters. The van der Waals surface area contributed by atoms with E-state index >= 15 is 0 Å². The summed E-state index contributed by atoms with van der Waals surface area (Å²) in [7, 11) is 0. The normalized spacial score (nSPS) is 28.8. The summed E-state index contributed by atoms with van der Waals surface area (Å²) in [5.74, 6) is 2.09. The van der Waals surface area contributed by atoms with Gasteiger partial charge in [-0.2, -0.15) is 0 Å². The molecule has 0 spiro atoms. The molecule has 0 unspecified atom stereocenters. The average Bonchev–Trinajstić information content (AvgIpc) is 2.44. The molecule has 1 aromatic carbocycles. The van der Waals surface area contributed by atoms with E-state index < -0.39 is 0 Å². The van der Waals surface area contributed by atoms with Crippen molar-refractivity contribution in [2.75, 3.05) is 0 Å². The molecule has 24 heavy (non-hydrogen) atoms. The lowest BCUT2D eigenvalue weighted by molar-refractivity contribution is 0.0404. The summed E-state index contributed by atoms with van der Waals surface area (Å²) in [4.78, 5) is 0. The van der Waals surface area contributed by atoms with Crippen LogP contribution in [0.5, 0.6) is 5.75 Å². The fourth-order valence-electron chi connectivity index (χ4n) is 6.04. The van der Waals surface area contributed by atoms with E-state index in [1.165, 1.54) is 36.8 Å². The van der Waals surface area contributed by atoms with Gasteiger partial charge in [0.05, 0.1) is 0 Å². The summed E-state index contributed by atoms with van der Waals surface area (Å²) in [5, 5.41) is 11.0. The van der Waals surface area contributed by atoms with Crippen molar-refractivity contribution >= 4 is 0 Å². The lowest BCUT2D eigenvalue weighted by Gasteiger charge is -2.55. The van der Waals surface area contributed by atoms with Gasteiger partial charge in [0.25, 0.3) is 0 Å². The molecule has 1 heteroatoms. The number of rotatable bonds is 2. The van der Waals surface area contributed by atoms with Crippen LogP contribution in [-0.4, -0.2) is 5.11 Å². The molecule has 1 N–H and O–H groups in total. The molecule has 0 radical (unpaired) electrons. The maximum absolute atomic E-state index is 11.0. The first kappa shape index (κ1) is 17.8. The first-order valence-electron chi connectivity index (χ1n) is 9.98. The van der Waals surface area contributed by atoms with Crippen LogP contribution in [0.3, 0.4) is 0 Å². The van der Waals surface area contributed by atoms with Crippen LogP contribution in [0.4, 0.5) is 0 Å². The maximum atomic E-state index is 11.0. The zero-order valence-electron chi connectivity index (χ0n) is 16.8. The predicted octanol–water partition coefficient (Wildman–Crippen LogP) is 6.67. The Morgan fingerprint density at radius 2 is 1.71 bits per heavy atom. The van der Waals surface area contributed by atoms with Crippen molar-refractivity contribution in [1.82, 2.24) is 0 Å². The second-order valence-corrected chi connectivity index (χ2v) is 9.91. The molecular weight excluding hydrogens is 292 g/mol. The van der Waals surface area contributed by atoms with Gasteiger partial charge in [-0.05, 0) is 71.0 Å². The topological polar surface area (TPSA) is 20.2 Å². The number of phenols is 1. The smallest absolute Gasteiger partial charge is 0.122 e. The van der Waals surface area contributed by atoms with Crippen LogP contribution in [0, 0.1) is 11.3 Å². The molecule has 0 aliphatic heterocycles. The van der Waals surface area contributed by atoms with E-state index in [2.05, 4.69) is 54.5 Å². The van der Waals surface area contributed by atoms with Gasteiger partial charge in [0.15, 0.2) is 0 Å². The van der Waals surface area contributed by atoms with Crippen LogP contribution in [0.25, 0.3) is 0 Å². The van der Waals surface area contributed by atoms with Crippen molar-refractivity contribution < 1.29 is 5.11 Å². The van der Waals surface area contributed by atoms with Gasteiger partial charge in [0.1, 0.15) is 5.75 Å². The number of phenolic OH excluding ortho intramolecular Hbond substituents is 1. The second-order valence-electron chi connectivity index (χ2n) is 9.91. The Balaban J connectivity index is 2.26. The third-order valence-electron chi connectivity index (χ3n) is 7.21. The standard InChI is InChI=1S/C23H36O/c1-14(2)17-13-18-16(20(15(3)4)21(17)24)9-10-19-22(5,6)11-8-12-23(18,19)7/h13-15,19,24H,8-12H2,1-7H3/t19-,23+/m0/s1. The molecular formula is C23H36O. The summed E-state index contributed by atoms with van der Waals surface area (Å²) in [6.07, 6.45) is 6.40. The van der Waals surface area contributed by atoms with Crippen LogP contribution in [0.15, 0.2) is 6.07 Å². The predicted molar refractivity (Wildman–Crippen MR) is 103 cm³/mol. The van der Waals surface area contributed by atoms with E-state index in [0.29, 0.717) is 23.0 Å². The molecule has 0 saturated heterocycles. The molecule has 134 valence electrons. The van der Waals surface area contributed by atoms with Gasteiger partial charge < -0.3 is 5.11 Å². The maximum Gasteiger partial charge on any atom is 0.122 e. The zero-order chi connectivity index (χ0) is 17.9. The highest BCUT2D eigenvalue weighted by Gasteiger charge is 2.50. The summed E-state index contributed by atoms with van der Waals surface area (Å²) in [6.45, 7) is 16.4. The third kappa shape index (κ3) is 2.50. The number of fused-ring (bicyclic) bond motifs is 3. The van der Waals surface area contributed by atoms with Crippen molar-refractivity contribution in [1.29, 1.82) is 0 Å². The number of aromatic hydroxyl groups is 1. The molecule has 0 bridgehead atoms. The minimum absolute atomic E-state index is 0.274. The summed E-state index contributed by atoms with van der Waals surface area (Å²) < 4.78 is 0. The highest BCUT2D eigenvalue weighted by atomic mass is 16.3. The van der Waals surface area contributed by atoms with E-state index in [-0.39, 0.29) is 5.41 Å². The van der Waals surface area contributed by atoms with E-state index in [4.69, 9.17) is 0 Å². The summed E-state index contributed by atoms with van der Waals surface area (Å²) >= 11 is 0. The van der Waals surface area contributed by atoms with Crippen LogP contribution >= 0.6 is 0 Å².